The zero-order chi connectivity index (χ0) is 64.2. The van der Waals surface area contributed by atoms with E-state index in [2.05, 4.69) is 342 Å². The average Bonchev–Trinajstić information content (AvgIpc) is 1.54. The second kappa shape index (κ2) is 19.7. The topological polar surface area (TPSA) is 11.4 Å². The molecule has 3 aliphatic rings. The molecule has 13 aromatic carbocycles. The molecule has 0 radical (unpaired) electrons. The maximum Gasteiger partial charge on any atom is 0.252 e. The van der Waals surface area contributed by atoms with Crippen LogP contribution in [0.3, 0.4) is 0 Å². The molecular weight excluding hydrogens is 1120 g/mol. The zero-order valence-corrected chi connectivity index (χ0v) is 56.4. The van der Waals surface area contributed by atoms with E-state index in [0.29, 0.717) is 0 Å². The van der Waals surface area contributed by atoms with Crippen LogP contribution in [0.15, 0.2) is 231 Å². The Balaban J connectivity index is 1.05. The second-order valence-corrected chi connectivity index (χ2v) is 31.9. The van der Waals surface area contributed by atoms with Gasteiger partial charge in [-0.3, -0.25) is 0 Å². The van der Waals surface area contributed by atoms with E-state index < -0.39 is 0 Å². The second-order valence-electron chi connectivity index (χ2n) is 31.9. The largest absolute Gasteiger partial charge is 0.311 e. The normalized spacial score (nSPS) is 14.4. The lowest BCUT2D eigenvalue weighted by Gasteiger charge is -2.45. The van der Waals surface area contributed by atoms with Crippen molar-refractivity contribution in [3.05, 3.63) is 264 Å². The molecule has 14 aromatic rings. The Morgan fingerprint density at radius 1 is 0.323 bits per heavy atom. The van der Waals surface area contributed by atoms with E-state index in [-0.39, 0.29) is 33.8 Å². The summed E-state index contributed by atoms with van der Waals surface area (Å²) in [5.74, 6) is 0. The Morgan fingerprint density at radius 2 is 0.753 bits per heavy atom. The van der Waals surface area contributed by atoms with Crippen molar-refractivity contribution in [3.63, 3.8) is 0 Å². The van der Waals surface area contributed by atoms with E-state index >= 15 is 0 Å². The lowest BCUT2D eigenvalue weighted by Crippen LogP contribution is -2.61. The van der Waals surface area contributed by atoms with Crippen LogP contribution in [0.1, 0.15) is 130 Å². The summed E-state index contributed by atoms with van der Waals surface area (Å²) in [7, 11) is 0. The van der Waals surface area contributed by atoms with Gasteiger partial charge in [-0.25, -0.2) is 0 Å². The first-order chi connectivity index (χ1) is 44.3. The Hall–Kier alpha value is -9.64. The van der Waals surface area contributed by atoms with Crippen molar-refractivity contribution in [2.75, 3.05) is 9.80 Å². The number of rotatable bonds is 4. The molecule has 3 nitrogen and oxygen atoms in total. The van der Waals surface area contributed by atoms with Crippen LogP contribution in [-0.2, 0) is 27.1 Å². The molecule has 3 heterocycles. The van der Waals surface area contributed by atoms with Crippen LogP contribution < -0.4 is 26.2 Å². The number of fused-ring (bicyclic) bond motifs is 15. The molecule has 0 saturated heterocycles. The summed E-state index contributed by atoms with van der Waals surface area (Å²) in [4.78, 5) is 5.39. The number of nitrogens with zero attached hydrogens (tertiary/aromatic N) is 3. The molecule has 0 saturated carbocycles. The van der Waals surface area contributed by atoms with Gasteiger partial charge in [0.05, 0.1) is 11.0 Å². The molecule has 4 heteroatoms. The molecular formula is C89H80BN3. The fraction of sp³-hybridized carbons (Fsp3) is 0.213. The van der Waals surface area contributed by atoms with Gasteiger partial charge in [0.25, 0.3) is 6.71 Å². The Labute approximate surface area is 549 Å². The van der Waals surface area contributed by atoms with Gasteiger partial charge in [0.2, 0.25) is 0 Å². The van der Waals surface area contributed by atoms with E-state index in [1.807, 2.05) is 0 Å². The third-order valence-electron chi connectivity index (χ3n) is 21.3. The van der Waals surface area contributed by atoms with Gasteiger partial charge < -0.3 is 14.4 Å². The van der Waals surface area contributed by atoms with Gasteiger partial charge in [-0.1, -0.05) is 224 Å². The summed E-state index contributed by atoms with van der Waals surface area (Å²) in [5.41, 5.74) is 27.1. The molecule has 2 aliphatic heterocycles. The highest BCUT2D eigenvalue weighted by molar-refractivity contribution is 7.00. The van der Waals surface area contributed by atoms with E-state index in [4.69, 9.17) is 0 Å². The maximum absolute atomic E-state index is 2.70. The van der Waals surface area contributed by atoms with Gasteiger partial charge in [0, 0.05) is 56.0 Å². The fourth-order valence-electron chi connectivity index (χ4n) is 16.1. The van der Waals surface area contributed by atoms with Crippen molar-refractivity contribution in [1.29, 1.82) is 0 Å². The molecule has 93 heavy (non-hydrogen) atoms. The molecule has 0 atom stereocenters. The molecule has 1 aliphatic carbocycles. The van der Waals surface area contributed by atoms with Crippen molar-refractivity contribution in [2.45, 2.75) is 124 Å². The molecule has 1 aromatic heterocycles. The molecule has 17 rings (SSSR count). The Bertz CT molecular complexity index is 5240. The van der Waals surface area contributed by atoms with Crippen LogP contribution in [0.2, 0.25) is 0 Å². The molecule has 0 unspecified atom stereocenters. The summed E-state index contributed by atoms with van der Waals surface area (Å²) >= 11 is 0. The van der Waals surface area contributed by atoms with Crippen molar-refractivity contribution in [1.82, 2.24) is 4.57 Å². The summed E-state index contributed by atoms with van der Waals surface area (Å²) in [6.45, 7) is 33.2. The summed E-state index contributed by atoms with van der Waals surface area (Å²) in [5, 5.41) is 12.5. The number of aromatic nitrogens is 1. The monoisotopic (exact) mass is 1200 g/mol. The molecule has 0 spiro atoms. The number of anilines is 6. The molecule has 0 amide bonds. The quantitative estimate of drug-likeness (QED) is 0.129. The smallest absolute Gasteiger partial charge is 0.252 e. The molecule has 0 fully saturated rings. The van der Waals surface area contributed by atoms with Gasteiger partial charge in [-0.15, -0.1) is 0 Å². The van der Waals surface area contributed by atoms with Crippen molar-refractivity contribution >= 4 is 122 Å². The number of benzene rings is 13. The standard InChI is InChI=1S/C89H80BN3/c1-85(2,3)63-47-64(86(4,5)6)50-68(49-63)92-78-43-60-38-55-26-20-18-24-53(55)36-58(60)41-74(78)90-75-42-59-37-54-25-19-21-27-56(54)39-61(59)44-79(75)93(69-51-65(87(7,8)9)48-66(52-69)88(10,11)12)81-46-62(45-80(92)84(81)90)57-32-34-76-71(40-57)83-77(91(76)67-28-16-15-17-29-67)35-33-73-82(83)70-30-22-23-31-72(70)89(73,13)14/h15-52H,1-14H3. The van der Waals surface area contributed by atoms with E-state index in [9.17, 15) is 0 Å². The highest BCUT2D eigenvalue weighted by Crippen LogP contribution is 2.55. The SMILES string of the molecule is CC(C)(C)c1cc(N2c3cc4cc5ccccc5cc4cc3B3c4cc5cc6ccccc6cc5cc4N(c4cc(C(C)(C)C)cc(C(C)(C)C)c4)c4cc(-c5ccc6c(c5)c5c7c(ccc5n6-c5ccccc5)C(C)(C)c5ccccc5-7)cc2c43)cc(C(C)(C)C)c1. The number of para-hydroxylation sites is 1. The minimum atomic E-state index is -0.165. The van der Waals surface area contributed by atoms with Gasteiger partial charge in [-0.05, 0) is 240 Å². The summed E-state index contributed by atoms with van der Waals surface area (Å²) < 4.78 is 2.51. The van der Waals surface area contributed by atoms with Crippen LogP contribution in [0.25, 0.3) is 92.8 Å². The summed E-state index contributed by atoms with van der Waals surface area (Å²) in [6.07, 6.45) is 0. The van der Waals surface area contributed by atoms with Crippen molar-refractivity contribution in [2.24, 2.45) is 0 Å². The van der Waals surface area contributed by atoms with Crippen molar-refractivity contribution in [3.8, 4) is 27.9 Å². The lowest BCUT2D eigenvalue weighted by molar-refractivity contribution is 0.568. The maximum atomic E-state index is 2.70. The first kappa shape index (κ1) is 57.3. The van der Waals surface area contributed by atoms with Crippen LogP contribution in [0, 0.1) is 0 Å². The minimum absolute atomic E-state index is 0.130. The average molecular weight is 1200 g/mol. The van der Waals surface area contributed by atoms with Gasteiger partial charge in [-0.2, -0.15) is 0 Å². The van der Waals surface area contributed by atoms with Crippen LogP contribution in [-0.4, -0.2) is 11.3 Å². The first-order valence-electron chi connectivity index (χ1n) is 33.7. The fourth-order valence-corrected chi connectivity index (χ4v) is 16.1. The lowest BCUT2D eigenvalue weighted by atomic mass is 9.33. The van der Waals surface area contributed by atoms with E-state index in [1.54, 1.807) is 0 Å². The van der Waals surface area contributed by atoms with Crippen LogP contribution >= 0.6 is 0 Å². The highest BCUT2D eigenvalue weighted by Gasteiger charge is 2.45. The Kier molecular flexibility index (Phi) is 12.1. The van der Waals surface area contributed by atoms with Crippen molar-refractivity contribution < 1.29 is 0 Å². The molecule has 0 bridgehead atoms. The zero-order valence-electron chi connectivity index (χ0n) is 56.4. The summed E-state index contributed by atoms with van der Waals surface area (Å²) in [6, 6.07) is 90.3. The number of hydrogen-bond acceptors (Lipinski definition) is 2. The van der Waals surface area contributed by atoms with Crippen LogP contribution in [0.4, 0.5) is 34.1 Å². The Morgan fingerprint density at radius 3 is 1.23 bits per heavy atom. The minimum Gasteiger partial charge on any atom is -0.311 e. The van der Waals surface area contributed by atoms with Gasteiger partial charge in [0.1, 0.15) is 0 Å². The highest BCUT2D eigenvalue weighted by atomic mass is 15.2. The van der Waals surface area contributed by atoms with Crippen LogP contribution in [0.5, 0.6) is 0 Å². The van der Waals surface area contributed by atoms with E-state index in [1.165, 1.54) is 171 Å². The van der Waals surface area contributed by atoms with Gasteiger partial charge >= 0.3 is 0 Å². The van der Waals surface area contributed by atoms with E-state index in [0.717, 1.165) is 5.69 Å². The number of hydrogen-bond donors (Lipinski definition) is 0. The molecule has 454 valence electrons. The first-order valence-corrected chi connectivity index (χ1v) is 33.7. The third-order valence-corrected chi connectivity index (χ3v) is 21.3. The third kappa shape index (κ3) is 8.84. The predicted octanol–water partition coefficient (Wildman–Crippen LogP) is 22.6. The predicted molar refractivity (Wildman–Crippen MR) is 403 cm³/mol. The van der Waals surface area contributed by atoms with Gasteiger partial charge in [0.15, 0.2) is 0 Å². The molecule has 0 N–H and O–H groups in total.